The van der Waals surface area contributed by atoms with Crippen molar-refractivity contribution in [2.24, 2.45) is 5.92 Å². The Balaban J connectivity index is 1.44. The van der Waals surface area contributed by atoms with Crippen LogP contribution in [0.5, 0.6) is 5.75 Å². The third kappa shape index (κ3) is 5.26. The van der Waals surface area contributed by atoms with E-state index >= 15 is 0 Å². The van der Waals surface area contributed by atoms with Gasteiger partial charge < -0.3 is 10.1 Å². The quantitative estimate of drug-likeness (QED) is 0.530. The summed E-state index contributed by atoms with van der Waals surface area (Å²) in [7, 11) is -3.62. The second-order valence-corrected chi connectivity index (χ2v) is 11.0. The molecule has 2 aromatic carbocycles. The Morgan fingerprint density at radius 2 is 1.91 bits per heavy atom. The fourth-order valence-corrected chi connectivity index (χ4v) is 6.30. The van der Waals surface area contributed by atoms with Crippen molar-refractivity contribution in [3.63, 3.8) is 0 Å². The van der Waals surface area contributed by atoms with E-state index in [1.807, 2.05) is 38.1 Å². The molecule has 1 saturated heterocycles. The Kier molecular flexibility index (Phi) is 7.11. The van der Waals surface area contributed by atoms with Gasteiger partial charge in [0.1, 0.15) is 5.75 Å². The van der Waals surface area contributed by atoms with Gasteiger partial charge in [0.15, 0.2) is 5.13 Å². The molecular weight excluding hydrogens is 458 g/mol. The minimum Gasteiger partial charge on any atom is -0.494 e. The number of anilines is 1. The molecule has 0 spiro atoms. The van der Waals surface area contributed by atoms with Crippen LogP contribution in [0, 0.1) is 12.8 Å². The third-order valence-corrected chi connectivity index (χ3v) is 8.37. The van der Waals surface area contributed by atoms with Gasteiger partial charge in [-0.15, -0.1) is 11.3 Å². The maximum Gasteiger partial charge on any atom is 0.243 e. The van der Waals surface area contributed by atoms with Gasteiger partial charge >= 0.3 is 0 Å². The highest BCUT2D eigenvalue weighted by molar-refractivity contribution is 7.89. The summed E-state index contributed by atoms with van der Waals surface area (Å²) in [6.07, 6.45) is 1.28. The highest BCUT2D eigenvalue weighted by Crippen LogP contribution is 2.32. The minimum absolute atomic E-state index is 0.166. The minimum atomic E-state index is -3.62. The van der Waals surface area contributed by atoms with Gasteiger partial charge in [-0.05, 0) is 63.1 Å². The average molecular weight is 486 g/mol. The first-order chi connectivity index (χ1) is 15.9. The number of sulfonamides is 1. The van der Waals surface area contributed by atoms with Crippen molar-refractivity contribution in [1.29, 1.82) is 0 Å². The van der Waals surface area contributed by atoms with Crippen LogP contribution in [0.25, 0.3) is 11.3 Å². The third-order valence-electron chi connectivity index (χ3n) is 5.60. The summed E-state index contributed by atoms with van der Waals surface area (Å²) in [5, 5.41) is 3.43. The van der Waals surface area contributed by atoms with Gasteiger partial charge in [-0.3, -0.25) is 4.79 Å². The van der Waals surface area contributed by atoms with Crippen LogP contribution in [0.4, 0.5) is 5.13 Å². The molecule has 0 radical (unpaired) electrons. The number of thiazole rings is 1. The van der Waals surface area contributed by atoms with Crippen molar-refractivity contribution in [3.05, 3.63) is 59.5 Å². The summed E-state index contributed by atoms with van der Waals surface area (Å²) < 4.78 is 32.8. The van der Waals surface area contributed by atoms with Gasteiger partial charge in [-0.2, -0.15) is 4.31 Å². The van der Waals surface area contributed by atoms with E-state index in [1.54, 1.807) is 30.3 Å². The Morgan fingerprint density at radius 3 is 2.61 bits per heavy atom. The molecule has 0 bridgehead atoms. The van der Waals surface area contributed by atoms with Crippen LogP contribution in [0.15, 0.2) is 59.5 Å². The molecule has 3 aromatic rings. The van der Waals surface area contributed by atoms with Crippen molar-refractivity contribution >= 4 is 32.4 Å². The number of benzene rings is 2. The molecule has 33 heavy (non-hydrogen) atoms. The lowest BCUT2D eigenvalue weighted by molar-refractivity contribution is -0.120. The number of ether oxygens (including phenoxy) is 1. The number of amides is 1. The first-order valence-corrected chi connectivity index (χ1v) is 13.2. The van der Waals surface area contributed by atoms with Gasteiger partial charge in [0.25, 0.3) is 0 Å². The zero-order valence-corrected chi connectivity index (χ0v) is 20.3. The predicted molar refractivity (Wildman–Crippen MR) is 130 cm³/mol. The number of nitrogens with zero attached hydrogens (tertiary/aromatic N) is 2. The van der Waals surface area contributed by atoms with Crippen molar-refractivity contribution in [2.75, 3.05) is 25.0 Å². The van der Waals surface area contributed by atoms with E-state index in [-0.39, 0.29) is 17.3 Å². The second-order valence-electron chi connectivity index (χ2n) is 7.89. The summed E-state index contributed by atoms with van der Waals surface area (Å²) in [6.45, 7) is 5.10. The Bertz CT molecular complexity index is 1210. The van der Waals surface area contributed by atoms with Gasteiger partial charge in [0, 0.05) is 23.5 Å². The number of aromatic nitrogens is 1. The normalized spacial score (nSPS) is 17.0. The second kappa shape index (κ2) is 10.0. The van der Waals surface area contributed by atoms with Crippen LogP contribution in [-0.2, 0) is 14.8 Å². The van der Waals surface area contributed by atoms with Crippen LogP contribution in [0.3, 0.4) is 0 Å². The van der Waals surface area contributed by atoms with E-state index in [0.717, 1.165) is 21.9 Å². The maximum atomic E-state index is 13.0. The fourth-order valence-electron chi connectivity index (χ4n) is 3.92. The number of rotatable bonds is 7. The van der Waals surface area contributed by atoms with Crippen LogP contribution in [0.2, 0.25) is 0 Å². The van der Waals surface area contributed by atoms with Crippen molar-refractivity contribution < 1.29 is 17.9 Å². The number of piperidine rings is 1. The van der Waals surface area contributed by atoms with Gasteiger partial charge in [-0.25, -0.2) is 13.4 Å². The Morgan fingerprint density at radius 1 is 1.18 bits per heavy atom. The molecule has 7 nitrogen and oxygen atoms in total. The van der Waals surface area contributed by atoms with Gasteiger partial charge in [0.05, 0.1) is 23.1 Å². The molecule has 0 aliphatic carbocycles. The lowest BCUT2D eigenvalue weighted by Crippen LogP contribution is -2.43. The highest BCUT2D eigenvalue weighted by Gasteiger charge is 2.33. The molecule has 1 unspecified atom stereocenters. The fraction of sp³-hybridized carbons (Fsp3) is 0.333. The number of nitrogens with one attached hydrogen (secondary N) is 1. The van der Waals surface area contributed by atoms with Crippen molar-refractivity contribution in [1.82, 2.24) is 9.29 Å². The topological polar surface area (TPSA) is 88.6 Å². The molecule has 0 saturated carbocycles. The molecule has 2 heterocycles. The lowest BCUT2D eigenvalue weighted by atomic mass is 9.99. The number of carbonyl (C=O) groups is 1. The van der Waals surface area contributed by atoms with E-state index in [0.29, 0.717) is 31.1 Å². The molecule has 1 amide bonds. The molecule has 9 heteroatoms. The molecule has 174 valence electrons. The SMILES string of the molecule is CCOc1ccc(-c2nc(NC(=O)C3CCCN(S(=O)(=O)c4ccccc4)C3)sc2C)cc1. The number of hydrogen-bond donors (Lipinski definition) is 1. The highest BCUT2D eigenvalue weighted by atomic mass is 32.2. The number of carbonyl (C=O) groups excluding carboxylic acids is 1. The standard InChI is InChI=1S/C24H27N3O4S2/c1-3-31-20-13-11-18(12-14-20)22-17(2)32-24(25-22)26-23(28)19-8-7-15-27(16-19)33(29,30)21-9-5-4-6-10-21/h4-6,9-14,19H,3,7-8,15-16H2,1-2H3,(H,25,26,28). The average Bonchev–Trinajstić information content (AvgIpc) is 3.20. The molecule has 1 N–H and O–H groups in total. The summed E-state index contributed by atoms with van der Waals surface area (Å²) in [6, 6.07) is 16.1. The van der Waals surface area contributed by atoms with Crippen molar-refractivity contribution in [2.45, 2.75) is 31.6 Å². The summed E-state index contributed by atoms with van der Waals surface area (Å²) in [4.78, 5) is 18.8. The number of aryl methyl sites for hydroxylation is 1. The summed E-state index contributed by atoms with van der Waals surface area (Å²) in [5.41, 5.74) is 1.76. The Hall–Kier alpha value is -2.75. The van der Waals surface area contributed by atoms with Crippen molar-refractivity contribution in [3.8, 4) is 17.0 Å². The van der Waals surface area contributed by atoms with Crippen LogP contribution < -0.4 is 10.1 Å². The van der Waals surface area contributed by atoms with E-state index in [2.05, 4.69) is 10.3 Å². The zero-order valence-electron chi connectivity index (χ0n) is 18.7. The molecule has 4 rings (SSSR count). The zero-order chi connectivity index (χ0) is 23.4. The lowest BCUT2D eigenvalue weighted by Gasteiger charge is -2.31. The summed E-state index contributed by atoms with van der Waals surface area (Å²) >= 11 is 1.41. The molecule has 1 aliphatic rings. The predicted octanol–water partition coefficient (Wildman–Crippen LogP) is 4.56. The Labute approximate surface area is 198 Å². The van der Waals surface area contributed by atoms with E-state index in [4.69, 9.17) is 4.74 Å². The molecule has 1 aromatic heterocycles. The summed E-state index contributed by atoms with van der Waals surface area (Å²) in [5.74, 6) is 0.181. The largest absolute Gasteiger partial charge is 0.494 e. The first kappa shape index (κ1) is 23.4. The van der Waals surface area contributed by atoms with E-state index in [1.165, 1.54) is 15.6 Å². The van der Waals surface area contributed by atoms with Gasteiger partial charge in [0.2, 0.25) is 15.9 Å². The van der Waals surface area contributed by atoms with Crippen LogP contribution in [-0.4, -0.2) is 43.3 Å². The monoisotopic (exact) mass is 485 g/mol. The smallest absolute Gasteiger partial charge is 0.243 e. The molecule has 1 atom stereocenters. The molecule has 1 aliphatic heterocycles. The number of hydrogen-bond acceptors (Lipinski definition) is 6. The maximum absolute atomic E-state index is 13.0. The van der Waals surface area contributed by atoms with Gasteiger partial charge in [-0.1, -0.05) is 18.2 Å². The molecular formula is C24H27N3O4S2. The van der Waals surface area contributed by atoms with E-state index < -0.39 is 15.9 Å². The van der Waals surface area contributed by atoms with E-state index in [9.17, 15) is 13.2 Å². The first-order valence-electron chi connectivity index (χ1n) is 10.9. The van der Waals surface area contributed by atoms with Crippen LogP contribution >= 0.6 is 11.3 Å². The van der Waals surface area contributed by atoms with Crippen LogP contribution in [0.1, 0.15) is 24.6 Å². The molecule has 1 fully saturated rings.